The summed E-state index contributed by atoms with van der Waals surface area (Å²) in [6.45, 7) is 5.64. The smallest absolute Gasteiger partial charge is 0.258 e. The standard InChI is InChI=1S/C18H17N7O2S3/c1-10-4-5-13(7-14(10)25(26)27)8-29-18-22-21-15(30-18)9-28-17-20-16-19-11(2)6-12(3)24(16)23-17/h4-7H,8-9H2,1-3H3. The van der Waals surface area contributed by atoms with Gasteiger partial charge in [0.05, 0.1) is 10.7 Å². The number of rotatable bonds is 7. The van der Waals surface area contributed by atoms with Gasteiger partial charge < -0.3 is 0 Å². The lowest BCUT2D eigenvalue weighted by molar-refractivity contribution is -0.385. The summed E-state index contributed by atoms with van der Waals surface area (Å²) >= 11 is 4.51. The Bertz CT molecular complexity index is 1240. The molecule has 0 aliphatic carbocycles. The quantitative estimate of drug-likeness (QED) is 0.225. The largest absolute Gasteiger partial charge is 0.272 e. The van der Waals surface area contributed by atoms with Gasteiger partial charge in [0.2, 0.25) is 5.16 Å². The number of fused-ring (bicyclic) bond motifs is 1. The van der Waals surface area contributed by atoms with E-state index < -0.39 is 0 Å². The zero-order chi connectivity index (χ0) is 21.3. The first-order valence-electron chi connectivity index (χ1n) is 8.92. The minimum Gasteiger partial charge on any atom is -0.258 e. The Morgan fingerprint density at radius 1 is 1.10 bits per heavy atom. The van der Waals surface area contributed by atoms with Gasteiger partial charge in [-0.25, -0.2) is 9.50 Å². The van der Waals surface area contributed by atoms with Crippen LogP contribution in [0.5, 0.6) is 0 Å². The van der Waals surface area contributed by atoms with Gasteiger partial charge in [0.1, 0.15) is 5.01 Å². The Kier molecular flexibility index (Phi) is 5.97. The first-order chi connectivity index (χ1) is 14.4. The average Bonchev–Trinajstić information content (AvgIpc) is 3.32. The van der Waals surface area contributed by atoms with Crippen LogP contribution in [-0.4, -0.2) is 34.7 Å². The maximum atomic E-state index is 11.1. The highest BCUT2D eigenvalue weighted by Crippen LogP contribution is 2.30. The van der Waals surface area contributed by atoms with Crippen LogP contribution in [0.2, 0.25) is 0 Å². The molecule has 0 amide bonds. The average molecular weight is 460 g/mol. The minimum atomic E-state index is -0.352. The third-order valence-corrected chi connectivity index (χ3v) is 7.36. The fourth-order valence-corrected chi connectivity index (χ4v) is 5.42. The van der Waals surface area contributed by atoms with Gasteiger partial charge in [0.15, 0.2) is 4.34 Å². The molecule has 1 aromatic carbocycles. The van der Waals surface area contributed by atoms with Crippen LogP contribution in [-0.2, 0) is 11.5 Å². The van der Waals surface area contributed by atoms with Gasteiger partial charge >= 0.3 is 0 Å². The Morgan fingerprint density at radius 2 is 1.93 bits per heavy atom. The molecule has 0 fully saturated rings. The molecule has 0 N–H and O–H groups in total. The summed E-state index contributed by atoms with van der Waals surface area (Å²) in [6.07, 6.45) is 0. The summed E-state index contributed by atoms with van der Waals surface area (Å²) in [5.74, 6) is 1.81. The number of nitro benzene ring substituents is 1. The van der Waals surface area contributed by atoms with Crippen molar-refractivity contribution in [3.8, 4) is 0 Å². The molecule has 0 saturated carbocycles. The lowest BCUT2D eigenvalue weighted by Crippen LogP contribution is -1.97. The molecular formula is C18H17N7O2S3. The van der Waals surface area contributed by atoms with E-state index in [9.17, 15) is 10.1 Å². The van der Waals surface area contributed by atoms with Crippen molar-refractivity contribution in [3.63, 3.8) is 0 Å². The van der Waals surface area contributed by atoms with Crippen LogP contribution in [0.25, 0.3) is 5.78 Å². The number of aryl methyl sites for hydroxylation is 3. The van der Waals surface area contributed by atoms with Crippen molar-refractivity contribution >= 4 is 46.3 Å². The zero-order valence-corrected chi connectivity index (χ0v) is 18.8. The second kappa shape index (κ2) is 8.66. The predicted molar refractivity (Wildman–Crippen MR) is 117 cm³/mol. The fourth-order valence-electron chi connectivity index (χ4n) is 2.78. The Morgan fingerprint density at radius 3 is 2.73 bits per heavy atom. The summed E-state index contributed by atoms with van der Waals surface area (Å²) in [6, 6.07) is 7.26. The monoisotopic (exact) mass is 459 g/mol. The molecule has 0 spiro atoms. The van der Waals surface area contributed by atoms with E-state index in [0.717, 1.165) is 26.3 Å². The maximum absolute atomic E-state index is 11.1. The molecule has 3 aromatic heterocycles. The van der Waals surface area contributed by atoms with E-state index in [1.165, 1.54) is 34.9 Å². The van der Waals surface area contributed by atoms with E-state index in [-0.39, 0.29) is 10.6 Å². The number of benzene rings is 1. The molecular weight excluding hydrogens is 442 g/mol. The molecule has 0 aliphatic heterocycles. The van der Waals surface area contributed by atoms with Gasteiger partial charge in [-0.05, 0) is 32.4 Å². The highest BCUT2D eigenvalue weighted by molar-refractivity contribution is 8.00. The normalized spacial score (nSPS) is 11.3. The van der Waals surface area contributed by atoms with Gasteiger partial charge in [-0.15, -0.1) is 15.3 Å². The maximum Gasteiger partial charge on any atom is 0.272 e. The third kappa shape index (κ3) is 4.60. The highest BCUT2D eigenvalue weighted by Gasteiger charge is 2.13. The molecule has 0 unspecified atom stereocenters. The number of nitrogens with zero attached hydrogens (tertiary/aromatic N) is 7. The van der Waals surface area contributed by atoms with Crippen LogP contribution in [0.1, 0.15) is 27.5 Å². The van der Waals surface area contributed by atoms with Crippen molar-refractivity contribution in [3.05, 3.63) is 61.9 Å². The minimum absolute atomic E-state index is 0.141. The van der Waals surface area contributed by atoms with Crippen molar-refractivity contribution in [2.45, 2.75) is 41.8 Å². The molecule has 9 nitrogen and oxygen atoms in total. The number of nitro groups is 1. The van der Waals surface area contributed by atoms with Crippen molar-refractivity contribution < 1.29 is 4.92 Å². The van der Waals surface area contributed by atoms with Crippen LogP contribution in [0.4, 0.5) is 5.69 Å². The predicted octanol–water partition coefficient (Wildman–Crippen LogP) is 4.39. The SMILES string of the molecule is Cc1cc(C)n2nc(SCc3nnc(SCc4ccc(C)c([N+](=O)[O-])c4)s3)nc2n1. The molecule has 4 aromatic rings. The first kappa shape index (κ1) is 20.7. The molecule has 30 heavy (non-hydrogen) atoms. The van der Waals surface area contributed by atoms with Crippen LogP contribution < -0.4 is 0 Å². The summed E-state index contributed by atoms with van der Waals surface area (Å²) in [5, 5.41) is 25.5. The fraction of sp³-hybridized carbons (Fsp3) is 0.278. The molecule has 4 rings (SSSR count). The van der Waals surface area contributed by atoms with Crippen LogP contribution in [0, 0.1) is 30.9 Å². The number of aromatic nitrogens is 6. The molecule has 0 aliphatic rings. The zero-order valence-electron chi connectivity index (χ0n) is 16.4. The van der Waals surface area contributed by atoms with E-state index in [1.807, 2.05) is 26.0 Å². The molecule has 3 heterocycles. The van der Waals surface area contributed by atoms with Crippen LogP contribution in [0.15, 0.2) is 33.8 Å². The van der Waals surface area contributed by atoms with Crippen molar-refractivity contribution in [2.75, 3.05) is 0 Å². The molecule has 154 valence electrons. The highest BCUT2D eigenvalue weighted by atomic mass is 32.2. The van der Waals surface area contributed by atoms with E-state index in [4.69, 9.17) is 0 Å². The Labute approximate surface area is 184 Å². The summed E-state index contributed by atoms with van der Waals surface area (Å²) in [7, 11) is 0. The van der Waals surface area contributed by atoms with E-state index >= 15 is 0 Å². The summed E-state index contributed by atoms with van der Waals surface area (Å²) in [5.41, 5.74) is 3.58. The number of thioether (sulfide) groups is 2. The van der Waals surface area contributed by atoms with Gasteiger partial charge in [0, 0.05) is 28.8 Å². The second-order valence-corrected chi connectivity index (χ2v) is 9.79. The van der Waals surface area contributed by atoms with Gasteiger partial charge in [0.25, 0.3) is 11.5 Å². The molecule has 0 atom stereocenters. The lowest BCUT2D eigenvalue weighted by Gasteiger charge is -2.01. The van der Waals surface area contributed by atoms with Crippen molar-refractivity contribution in [1.29, 1.82) is 0 Å². The van der Waals surface area contributed by atoms with Gasteiger partial charge in [-0.3, -0.25) is 10.1 Å². The molecule has 12 heteroatoms. The van der Waals surface area contributed by atoms with Gasteiger partial charge in [-0.2, -0.15) is 4.98 Å². The van der Waals surface area contributed by atoms with E-state index in [2.05, 4.69) is 25.3 Å². The van der Waals surface area contributed by atoms with Crippen molar-refractivity contribution in [2.24, 2.45) is 0 Å². The van der Waals surface area contributed by atoms with Crippen LogP contribution >= 0.6 is 34.9 Å². The van der Waals surface area contributed by atoms with E-state index in [1.54, 1.807) is 23.6 Å². The lowest BCUT2D eigenvalue weighted by atomic mass is 10.1. The van der Waals surface area contributed by atoms with Gasteiger partial charge in [-0.1, -0.05) is 47.0 Å². The van der Waals surface area contributed by atoms with E-state index in [0.29, 0.717) is 28.0 Å². The van der Waals surface area contributed by atoms with Crippen molar-refractivity contribution in [1.82, 2.24) is 29.8 Å². The first-order valence-corrected chi connectivity index (χ1v) is 11.7. The summed E-state index contributed by atoms with van der Waals surface area (Å²) in [4.78, 5) is 19.6. The molecule has 0 bridgehead atoms. The third-order valence-electron chi connectivity index (χ3n) is 4.20. The number of hydrogen-bond acceptors (Lipinski definition) is 10. The Balaban J connectivity index is 1.37. The second-order valence-electron chi connectivity index (χ2n) is 6.56. The topological polar surface area (TPSA) is 112 Å². The Hall–Kier alpha value is -2.57. The van der Waals surface area contributed by atoms with Crippen LogP contribution in [0.3, 0.4) is 0 Å². The molecule has 0 radical (unpaired) electrons. The summed E-state index contributed by atoms with van der Waals surface area (Å²) < 4.78 is 2.56. The molecule has 0 saturated heterocycles. The number of hydrogen-bond donors (Lipinski definition) is 0.